The van der Waals surface area contributed by atoms with Crippen LogP contribution >= 0.6 is 0 Å². The number of carbonyl (C=O) groups is 2. The second-order valence-electron chi connectivity index (χ2n) is 4.07. The van der Waals surface area contributed by atoms with E-state index in [1.54, 1.807) is 4.90 Å². The largest absolute Gasteiger partial charge is 0.467 e. The van der Waals surface area contributed by atoms with Crippen LogP contribution in [-0.2, 0) is 19.1 Å². The Morgan fingerprint density at radius 1 is 1.35 bits per heavy atom. The van der Waals surface area contributed by atoms with E-state index in [0.717, 1.165) is 12.8 Å². The molecule has 0 radical (unpaired) electrons. The third-order valence-corrected chi connectivity index (χ3v) is 2.96. The number of hydrogen-bond acceptors (Lipinski definition) is 4. The Labute approximate surface area is 102 Å². The first kappa shape index (κ1) is 14.0. The summed E-state index contributed by atoms with van der Waals surface area (Å²) in [5.41, 5.74) is 0. The molecule has 5 nitrogen and oxygen atoms in total. The van der Waals surface area contributed by atoms with Gasteiger partial charge in [0.2, 0.25) is 5.91 Å². The predicted molar refractivity (Wildman–Crippen MR) is 62.5 cm³/mol. The quantitative estimate of drug-likeness (QED) is 0.533. The van der Waals surface area contributed by atoms with Crippen molar-refractivity contribution in [3.63, 3.8) is 0 Å². The molecule has 0 N–H and O–H groups in total. The van der Waals surface area contributed by atoms with Gasteiger partial charge < -0.3 is 14.4 Å². The van der Waals surface area contributed by atoms with Crippen LogP contribution in [0.2, 0.25) is 0 Å². The van der Waals surface area contributed by atoms with Crippen LogP contribution in [-0.4, -0.2) is 49.7 Å². The minimum atomic E-state index is -0.400. The first-order valence-corrected chi connectivity index (χ1v) is 6.15. The normalized spacial score (nSPS) is 20.1. The van der Waals surface area contributed by atoms with E-state index in [1.165, 1.54) is 7.11 Å². The Morgan fingerprint density at radius 2 is 2.12 bits per heavy atom. The van der Waals surface area contributed by atoms with Crippen molar-refractivity contribution in [1.82, 2.24) is 4.90 Å². The number of esters is 1. The van der Waals surface area contributed by atoms with Gasteiger partial charge >= 0.3 is 5.97 Å². The highest BCUT2D eigenvalue weighted by Gasteiger charge is 2.32. The average molecular weight is 243 g/mol. The van der Waals surface area contributed by atoms with Crippen molar-refractivity contribution < 1.29 is 19.1 Å². The number of ether oxygens (including phenoxy) is 2. The topological polar surface area (TPSA) is 55.8 Å². The first-order valence-electron chi connectivity index (χ1n) is 6.15. The molecule has 0 aromatic carbocycles. The van der Waals surface area contributed by atoms with E-state index in [9.17, 15) is 9.59 Å². The smallest absolute Gasteiger partial charge is 0.328 e. The van der Waals surface area contributed by atoms with E-state index < -0.39 is 6.04 Å². The molecule has 1 heterocycles. The molecule has 17 heavy (non-hydrogen) atoms. The van der Waals surface area contributed by atoms with Crippen LogP contribution in [0.5, 0.6) is 0 Å². The summed E-state index contributed by atoms with van der Waals surface area (Å²) in [6.45, 7) is 3.56. The van der Waals surface area contributed by atoms with E-state index >= 15 is 0 Å². The van der Waals surface area contributed by atoms with Gasteiger partial charge in [0, 0.05) is 13.2 Å². The van der Waals surface area contributed by atoms with Crippen molar-refractivity contribution >= 4 is 11.9 Å². The molecule has 0 saturated carbocycles. The number of nitrogens with zero attached hydrogens (tertiary/aromatic N) is 1. The molecule has 5 heteroatoms. The maximum Gasteiger partial charge on any atom is 0.328 e. The minimum absolute atomic E-state index is 0.0199. The molecule has 98 valence electrons. The summed E-state index contributed by atoms with van der Waals surface area (Å²) >= 11 is 0. The summed E-state index contributed by atoms with van der Waals surface area (Å²) in [6.07, 6.45) is 2.96. The fourth-order valence-electron chi connectivity index (χ4n) is 2.06. The fraction of sp³-hybridized carbons (Fsp3) is 0.833. The van der Waals surface area contributed by atoms with Gasteiger partial charge in [0.1, 0.15) is 6.04 Å². The Morgan fingerprint density at radius 3 is 2.76 bits per heavy atom. The molecule has 1 aliphatic heterocycles. The van der Waals surface area contributed by atoms with Crippen LogP contribution in [0.1, 0.15) is 32.6 Å². The van der Waals surface area contributed by atoms with Crippen molar-refractivity contribution in [2.75, 3.05) is 26.9 Å². The maximum absolute atomic E-state index is 11.9. The van der Waals surface area contributed by atoms with E-state index in [4.69, 9.17) is 9.47 Å². The average Bonchev–Trinajstić information content (AvgIpc) is 2.38. The van der Waals surface area contributed by atoms with E-state index in [0.29, 0.717) is 32.6 Å². The van der Waals surface area contributed by atoms with Gasteiger partial charge in [-0.1, -0.05) is 0 Å². The SMILES string of the molecule is CCOCCC(=O)N1CCCCC1C(=O)OC. The number of likely N-dealkylation sites (tertiary alicyclic amines) is 1. The Bertz CT molecular complexity index is 267. The van der Waals surface area contributed by atoms with Crippen LogP contribution in [0.4, 0.5) is 0 Å². The molecule has 1 unspecified atom stereocenters. The summed E-state index contributed by atoms with van der Waals surface area (Å²) in [7, 11) is 1.36. The van der Waals surface area contributed by atoms with Crippen molar-refractivity contribution in [2.24, 2.45) is 0 Å². The Hall–Kier alpha value is -1.10. The van der Waals surface area contributed by atoms with Gasteiger partial charge in [-0.3, -0.25) is 4.79 Å². The molecule has 1 rings (SSSR count). The first-order chi connectivity index (χ1) is 8.20. The summed E-state index contributed by atoms with van der Waals surface area (Å²) in [4.78, 5) is 25.1. The van der Waals surface area contributed by atoms with Gasteiger partial charge in [0.05, 0.1) is 20.1 Å². The molecule has 0 spiro atoms. The Kier molecular flexibility index (Phi) is 5.97. The van der Waals surface area contributed by atoms with Crippen LogP contribution in [0.3, 0.4) is 0 Å². The molecular weight excluding hydrogens is 222 g/mol. The Balaban J connectivity index is 2.52. The number of carbonyl (C=O) groups excluding carboxylic acids is 2. The second-order valence-corrected chi connectivity index (χ2v) is 4.07. The zero-order chi connectivity index (χ0) is 12.7. The van der Waals surface area contributed by atoms with E-state index in [-0.39, 0.29) is 11.9 Å². The van der Waals surface area contributed by atoms with Crippen molar-refractivity contribution in [1.29, 1.82) is 0 Å². The summed E-state index contributed by atoms with van der Waals surface area (Å²) in [5, 5.41) is 0. The third kappa shape index (κ3) is 4.00. The molecular formula is C12H21NO4. The number of rotatable bonds is 5. The second kappa shape index (κ2) is 7.27. The molecule has 1 atom stereocenters. The zero-order valence-electron chi connectivity index (χ0n) is 10.6. The molecule has 0 aromatic heterocycles. The number of amides is 1. The third-order valence-electron chi connectivity index (χ3n) is 2.96. The fourth-order valence-corrected chi connectivity index (χ4v) is 2.06. The van der Waals surface area contributed by atoms with Crippen LogP contribution < -0.4 is 0 Å². The number of methoxy groups -OCH3 is 1. The maximum atomic E-state index is 11.9. The summed E-state index contributed by atoms with van der Waals surface area (Å²) in [6, 6.07) is -0.400. The lowest BCUT2D eigenvalue weighted by Crippen LogP contribution is -2.48. The van der Waals surface area contributed by atoms with Crippen LogP contribution in [0.15, 0.2) is 0 Å². The standard InChI is InChI=1S/C12H21NO4/c1-3-17-9-7-11(14)13-8-5-4-6-10(13)12(15)16-2/h10H,3-9H2,1-2H3. The molecule has 0 bridgehead atoms. The van der Waals surface area contributed by atoms with E-state index in [1.807, 2.05) is 6.92 Å². The molecule has 1 saturated heterocycles. The lowest BCUT2D eigenvalue weighted by molar-refractivity contribution is -0.155. The lowest BCUT2D eigenvalue weighted by Gasteiger charge is -2.33. The highest BCUT2D eigenvalue weighted by atomic mass is 16.5. The van der Waals surface area contributed by atoms with Gasteiger partial charge in [0.25, 0.3) is 0 Å². The van der Waals surface area contributed by atoms with Crippen molar-refractivity contribution in [2.45, 2.75) is 38.6 Å². The lowest BCUT2D eigenvalue weighted by atomic mass is 10.0. The predicted octanol–water partition coefficient (Wildman–Crippen LogP) is 0.967. The monoisotopic (exact) mass is 243 g/mol. The molecule has 1 aliphatic rings. The summed E-state index contributed by atoms with van der Waals surface area (Å²) < 4.78 is 9.89. The summed E-state index contributed by atoms with van der Waals surface area (Å²) in [5.74, 6) is -0.331. The van der Waals surface area contributed by atoms with Gasteiger partial charge in [0.15, 0.2) is 0 Å². The van der Waals surface area contributed by atoms with Crippen molar-refractivity contribution in [3.8, 4) is 0 Å². The molecule has 1 fully saturated rings. The molecule has 0 aliphatic carbocycles. The van der Waals surface area contributed by atoms with E-state index in [2.05, 4.69) is 0 Å². The minimum Gasteiger partial charge on any atom is -0.467 e. The molecule has 1 amide bonds. The number of piperidine rings is 1. The van der Waals surface area contributed by atoms with Gasteiger partial charge in [-0.2, -0.15) is 0 Å². The van der Waals surface area contributed by atoms with Gasteiger partial charge in [-0.05, 0) is 26.2 Å². The van der Waals surface area contributed by atoms with Gasteiger partial charge in [-0.25, -0.2) is 4.79 Å². The zero-order valence-corrected chi connectivity index (χ0v) is 10.6. The van der Waals surface area contributed by atoms with Gasteiger partial charge in [-0.15, -0.1) is 0 Å². The van der Waals surface area contributed by atoms with Crippen molar-refractivity contribution in [3.05, 3.63) is 0 Å². The highest BCUT2D eigenvalue weighted by Crippen LogP contribution is 2.19. The highest BCUT2D eigenvalue weighted by molar-refractivity contribution is 5.84. The van der Waals surface area contributed by atoms with Crippen LogP contribution in [0, 0.1) is 0 Å². The number of hydrogen-bond donors (Lipinski definition) is 0. The molecule has 0 aromatic rings. The van der Waals surface area contributed by atoms with Crippen LogP contribution in [0.25, 0.3) is 0 Å².